The first kappa shape index (κ1) is 24.7. The van der Waals surface area contributed by atoms with E-state index in [2.05, 4.69) is 5.32 Å². The van der Waals surface area contributed by atoms with Crippen molar-refractivity contribution in [3.05, 3.63) is 77.7 Å². The molecule has 1 aromatic heterocycles. The van der Waals surface area contributed by atoms with Gasteiger partial charge in [0.2, 0.25) is 12.7 Å². The van der Waals surface area contributed by atoms with E-state index < -0.39 is 0 Å². The van der Waals surface area contributed by atoms with Crippen LogP contribution in [0, 0.1) is 6.92 Å². The number of fused-ring (bicyclic) bond motifs is 1. The first-order valence-electron chi connectivity index (χ1n) is 12.5. The van der Waals surface area contributed by atoms with Gasteiger partial charge >= 0.3 is 6.03 Å². The normalized spacial score (nSPS) is 16.0. The van der Waals surface area contributed by atoms with Gasteiger partial charge in [-0.25, -0.2) is 4.79 Å². The standard InChI is InChI=1S/C28H31N3O6/c1-20-5-2-6-22(13-20)29-28(33)31(17-24-8-4-12-35-24)18-27(32)30(16-23-7-3-11-34-23)15-21-9-10-25-26(14-21)37-19-36-25/h2-3,5-7,9-11,13-14,24H,4,8,12,15-19H2,1H3,(H,29,33). The van der Waals surface area contributed by atoms with E-state index in [9.17, 15) is 9.59 Å². The van der Waals surface area contributed by atoms with Crippen LogP contribution < -0.4 is 14.8 Å². The number of nitrogens with one attached hydrogen (secondary N) is 1. The smallest absolute Gasteiger partial charge is 0.322 e. The fraction of sp³-hybridized carbons (Fsp3) is 0.357. The molecule has 37 heavy (non-hydrogen) atoms. The lowest BCUT2D eigenvalue weighted by Gasteiger charge is -2.29. The number of nitrogens with zero attached hydrogens (tertiary/aromatic N) is 2. The molecule has 9 nitrogen and oxygen atoms in total. The Labute approximate surface area is 215 Å². The van der Waals surface area contributed by atoms with Gasteiger partial charge in [0, 0.05) is 25.4 Å². The zero-order valence-corrected chi connectivity index (χ0v) is 20.9. The molecule has 9 heteroatoms. The molecule has 0 bridgehead atoms. The molecule has 3 heterocycles. The third-order valence-corrected chi connectivity index (χ3v) is 6.42. The molecule has 0 radical (unpaired) electrons. The number of carbonyl (C=O) groups is 2. The van der Waals surface area contributed by atoms with Crippen molar-refractivity contribution in [2.75, 3.05) is 31.8 Å². The highest BCUT2D eigenvalue weighted by atomic mass is 16.7. The maximum Gasteiger partial charge on any atom is 0.322 e. The average molecular weight is 506 g/mol. The van der Waals surface area contributed by atoms with Gasteiger partial charge in [0.1, 0.15) is 12.3 Å². The molecule has 1 saturated heterocycles. The molecule has 1 N–H and O–H groups in total. The van der Waals surface area contributed by atoms with Gasteiger partial charge in [0.25, 0.3) is 0 Å². The first-order valence-corrected chi connectivity index (χ1v) is 12.5. The minimum absolute atomic E-state index is 0.0940. The number of urea groups is 1. The van der Waals surface area contributed by atoms with Crippen molar-refractivity contribution in [2.24, 2.45) is 0 Å². The molecule has 0 aliphatic carbocycles. The zero-order chi connectivity index (χ0) is 25.6. The molecule has 194 valence electrons. The number of aryl methyl sites for hydroxylation is 1. The van der Waals surface area contributed by atoms with E-state index in [0.29, 0.717) is 42.6 Å². The number of hydrogen-bond donors (Lipinski definition) is 1. The number of rotatable bonds is 9. The van der Waals surface area contributed by atoms with E-state index in [4.69, 9.17) is 18.6 Å². The summed E-state index contributed by atoms with van der Waals surface area (Å²) in [5, 5.41) is 2.94. The molecule has 0 saturated carbocycles. The summed E-state index contributed by atoms with van der Waals surface area (Å²) in [6, 6.07) is 16.5. The summed E-state index contributed by atoms with van der Waals surface area (Å²) in [6.45, 7) is 3.65. The van der Waals surface area contributed by atoms with E-state index in [0.717, 1.165) is 24.0 Å². The molecule has 3 aromatic rings. The van der Waals surface area contributed by atoms with Crippen LogP contribution in [0.25, 0.3) is 0 Å². The first-order chi connectivity index (χ1) is 18.0. The Morgan fingerprint density at radius 3 is 2.68 bits per heavy atom. The van der Waals surface area contributed by atoms with Gasteiger partial charge in [0.05, 0.1) is 18.9 Å². The van der Waals surface area contributed by atoms with Crippen molar-refractivity contribution in [3.63, 3.8) is 0 Å². The second-order valence-electron chi connectivity index (χ2n) is 9.33. The Hall–Kier alpha value is -3.98. The summed E-state index contributed by atoms with van der Waals surface area (Å²) in [5.41, 5.74) is 2.61. The highest BCUT2D eigenvalue weighted by Crippen LogP contribution is 2.33. The number of furan rings is 1. The van der Waals surface area contributed by atoms with Crippen LogP contribution in [0.15, 0.2) is 65.3 Å². The van der Waals surface area contributed by atoms with Crippen molar-refractivity contribution < 1.29 is 28.2 Å². The van der Waals surface area contributed by atoms with Crippen LogP contribution in [0.4, 0.5) is 10.5 Å². The van der Waals surface area contributed by atoms with Crippen LogP contribution in [0.3, 0.4) is 0 Å². The maximum absolute atomic E-state index is 13.7. The SMILES string of the molecule is Cc1cccc(NC(=O)N(CC(=O)N(Cc2ccc3c(c2)OCO3)Cc2ccco2)CC2CCCO2)c1. The van der Waals surface area contributed by atoms with Crippen LogP contribution in [-0.4, -0.2) is 54.3 Å². The highest BCUT2D eigenvalue weighted by Gasteiger charge is 2.27. The predicted octanol–water partition coefficient (Wildman–Crippen LogP) is 4.56. The number of anilines is 1. The second kappa shape index (κ2) is 11.4. The van der Waals surface area contributed by atoms with Crippen LogP contribution in [0.1, 0.15) is 29.7 Å². The number of hydrogen-bond acceptors (Lipinski definition) is 6. The van der Waals surface area contributed by atoms with Crippen molar-refractivity contribution >= 4 is 17.6 Å². The zero-order valence-electron chi connectivity index (χ0n) is 20.9. The highest BCUT2D eigenvalue weighted by molar-refractivity contribution is 5.92. The predicted molar refractivity (Wildman–Crippen MR) is 136 cm³/mol. The molecule has 1 unspecified atom stereocenters. The Morgan fingerprint density at radius 1 is 1.00 bits per heavy atom. The Kier molecular flexibility index (Phi) is 7.60. The fourth-order valence-electron chi connectivity index (χ4n) is 4.52. The summed E-state index contributed by atoms with van der Waals surface area (Å²) in [4.78, 5) is 30.2. The molecule has 2 aliphatic heterocycles. The summed E-state index contributed by atoms with van der Waals surface area (Å²) >= 11 is 0. The number of carbonyl (C=O) groups excluding carboxylic acids is 2. The third kappa shape index (κ3) is 6.42. The lowest BCUT2D eigenvalue weighted by atomic mass is 10.1. The average Bonchev–Trinajstić information content (AvgIpc) is 3.66. The van der Waals surface area contributed by atoms with Crippen LogP contribution >= 0.6 is 0 Å². The Balaban J connectivity index is 1.33. The van der Waals surface area contributed by atoms with E-state index >= 15 is 0 Å². The molecular weight excluding hydrogens is 474 g/mol. The summed E-state index contributed by atoms with van der Waals surface area (Å²) < 4.78 is 22.2. The van der Waals surface area contributed by atoms with Crippen LogP contribution in [0.5, 0.6) is 11.5 Å². The number of amides is 3. The van der Waals surface area contributed by atoms with Gasteiger partial charge in [-0.3, -0.25) is 4.79 Å². The van der Waals surface area contributed by atoms with Crippen LogP contribution in [0.2, 0.25) is 0 Å². The Morgan fingerprint density at radius 2 is 1.89 bits per heavy atom. The maximum atomic E-state index is 13.7. The molecule has 0 spiro atoms. The summed E-state index contributed by atoms with van der Waals surface area (Å²) in [6.07, 6.45) is 3.29. The van der Waals surface area contributed by atoms with Crippen LogP contribution in [-0.2, 0) is 22.6 Å². The van der Waals surface area contributed by atoms with Crippen molar-refractivity contribution in [1.82, 2.24) is 9.80 Å². The minimum atomic E-state index is -0.338. The van der Waals surface area contributed by atoms with Gasteiger partial charge in [-0.05, 0) is 67.3 Å². The van der Waals surface area contributed by atoms with Gasteiger partial charge in [0.15, 0.2) is 11.5 Å². The molecule has 1 fully saturated rings. The molecule has 2 aromatic carbocycles. The van der Waals surface area contributed by atoms with Gasteiger partial charge < -0.3 is 33.7 Å². The molecular formula is C28H31N3O6. The minimum Gasteiger partial charge on any atom is -0.467 e. The third-order valence-electron chi connectivity index (χ3n) is 6.42. The lowest BCUT2D eigenvalue weighted by molar-refractivity contribution is -0.133. The van der Waals surface area contributed by atoms with Crippen molar-refractivity contribution in [3.8, 4) is 11.5 Å². The quantitative estimate of drug-likeness (QED) is 0.458. The second-order valence-corrected chi connectivity index (χ2v) is 9.33. The largest absolute Gasteiger partial charge is 0.467 e. The van der Waals surface area contributed by atoms with Gasteiger partial charge in [-0.1, -0.05) is 18.2 Å². The topological polar surface area (TPSA) is 93.5 Å². The lowest BCUT2D eigenvalue weighted by Crippen LogP contribution is -2.46. The van der Waals surface area contributed by atoms with E-state index in [-0.39, 0.29) is 37.9 Å². The van der Waals surface area contributed by atoms with E-state index in [1.807, 2.05) is 55.5 Å². The Bertz CT molecular complexity index is 1220. The van der Waals surface area contributed by atoms with Gasteiger partial charge in [-0.2, -0.15) is 0 Å². The molecule has 5 rings (SSSR count). The summed E-state index contributed by atoms with van der Waals surface area (Å²) in [5.74, 6) is 1.79. The molecule has 1 atom stereocenters. The number of ether oxygens (including phenoxy) is 3. The number of benzene rings is 2. The molecule has 2 aliphatic rings. The van der Waals surface area contributed by atoms with Crippen molar-refractivity contribution in [2.45, 2.75) is 39.0 Å². The monoisotopic (exact) mass is 505 g/mol. The van der Waals surface area contributed by atoms with E-state index in [1.54, 1.807) is 17.2 Å². The summed E-state index contributed by atoms with van der Waals surface area (Å²) in [7, 11) is 0. The molecule has 3 amide bonds. The fourth-order valence-corrected chi connectivity index (χ4v) is 4.52. The van der Waals surface area contributed by atoms with Gasteiger partial charge in [-0.15, -0.1) is 0 Å². The van der Waals surface area contributed by atoms with Crippen molar-refractivity contribution in [1.29, 1.82) is 0 Å². The van der Waals surface area contributed by atoms with E-state index in [1.165, 1.54) is 4.90 Å².